The standard InChI is InChI=1S/C18H21ClN2O4S/c1-13(2)12-25-16-6-4-5-14(9-16)11-20-21-26(22,23)18-10-15(19)7-8-17(18)24-3/h4-11,13,21H,12H2,1-3H3/b20-11+. The zero-order valence-electron chi connectivity index (χ0n) is 14.8. The van der Waals surface area contributed by atoms with Crippen LogP contribution in [0.5, 0.6) is 11.5 Å². The number of nitrogens with one attached hydrogen (secondary N) is 1. The van der Waals surface area contributed by atoms with Crippen molar-refractivity contribution in [2.45, 2.75) is 18.7 Å². The van der Waals surface area contributed by atoms with Crippen molar-refractivity contribution < 1.29 is 17.9 Å². The van der Waals surface area contributed by atoms with Gasteiger partial charge in [0.05, 0.1) is 19.9 Å². The first-order chi connectivity index (χ1) is 12.3. The molecule has 2 aromatic rings. The van der Waals surface area contributed by atoms with Crippen molar-refractivity contribution in [1.82, 2.24) is 4.83 Å². The number of ether oxygens (including phenoxy) is 2. The van der Waals surface area contributed by atoms with Crippen LogP contribution in [0.15, 0.2) is 52.5 Å². The van der Waals surface area contributed by atoms with Gasteiger partial charge in [0.15, 0.2) is 0 Å². The Hall–Kier alpha value is -2.25. The van der Waals surface area contributed by atoms with Gasteiger partial charge in [-0.15, -0.1) is 0 Å². The SMILES string of the molecule is COc1ccc(Cl)cc1S(=O)(=O)N/N=C/c1cccc(OCC(C)C)c1. The number of hydrogen-bond acceptors (Lipinski definition) is 5. The Morgan fingerprint density at radius 3 is 2.69 bits per heavy atom. The zero-order valence-corrected chi connectivity index (χ0v) is 16.3. The van der Waals surface area contributed by atoms with E-state index in [-0.39, 0.29) is 15.7 Å². The first kappa shape index (κ1) is 20.1. The van der Waals surface area contributed by atoms with Crippen LogP contribution >= 0.6 is 11.6 Å². The highest BCUT2D eigenvalue weighted by Gasteiger charge is 2.19. The van der Waals surface area contributed by atoms with E-state index >= 15 is 0 Å². The van der Waals surface area contributed by atoms with Gasteiger partial charge in [0.1, 0.15) is 16.4 Å². The molecule has 0 amide bonds. The lowest BCUT2D eigenvalue weighted by molar-refractivity contribution is 0.271. The largest absolute Gasteiger partial charge is 0.495 e. The average Bonchev–Trinajstić information content (AvgIpc) is 2.60. The van der Waals surface area contributed by atoms with Crippen LogP contribution in [0.25, 0.3) is 0 Å². The highest BCUT2D eigenvalue weighted by Crippen LogP contribution is 2.26. The Morgan fingerprint density at radius 2 is 2.00 bits per heavy atom. The molecule has 0 aliphatic heterocycles. The van der Waals surface area contributed by atoms with Gasteiger partial charge in [-0.2, -0.15) is 18.4 Å². The molecule has 140 valence electrons. The minimum Gasteiger partial charge on any atom is -0.495 e. The van der Waals surface area contributed by atoms with E-state index in [9.17, 15) is 8.42 Å². The second-order valence-corrected chi connectivity index (χ2v) is 7.99. The molecule has 6 nitrogen and oxygen atoms in total. The third kappa shape index (κ3) is 5.64. The molecule has 0 saturated carbocycles. The smallest absolute Gasteiger partial charge is 0.280 e. The Bertz CT molecular complexity index is 883. The van der Waals surface area contributed by atoms with Crippen molar-refractivity contribution in [3.05, 3.63) is 53.1 Å². The predicted molar refractivity (Wildman–Crippen MR) is 103 cm³/mol. The molecule has 2 aromatic carbocycles. The molecular weight excluding hydrogens is 376 g/mol. The van der Waals surface area contributed by atoms with Crippen LogP contribution in [0, 0.1) is 5.92 Å². The highest BCUT2D eigenvalue weighted by atomic mass is 35.5. The van der Waals surface area contributed by atoms with Gasteiger partial charge in [0, 0.05) is 5.02 Å². The monoisotopic (exact) mass is 396 g/mol. The Balaban J connectivity index is 2.12. The van der Waals surface area contributed by atoms with E-state index in [0.717, 1.165) is 0 Å². The fourth-order valence-electron chi connectivity index (χ4n) is 2.03. The maximum absolute atomic E-state index is 12.4. The number of nitrogens with zero attached hydrogens (tertiary/aromatic N) is 1. The summed E-state index contributed by atoms with van der Waals surface area (Å²) in [5.74, 6) is 1.29. The lowest BCUT2D eigenvalue weighted by Gasteiger charge is -2.09. The first-order valence-corrected chi connectivity index (χ1v) is 9.79. The van der Waals surface area contributed by atoms with Crippen LogP contribution < -0.4 is 14.3 Å². The Labute approximate surface area is 158 Å². The second-order valence-electron chi connectivity index (χ2n) is 5.93. The summed E-state index contributed by atoms with van der Waals surface area (Å²) in [6.07, 6.45) is 1.40. The van der Waals surface area contributed by atoms with Crippen LogP contribution in [0.1, 0.15) is 19.4 Å². The number of hydrazone groups is 1. The molecule has 26 heavy (non-hydrogen) atoms. The van der Waals surface area contributed by atoms with Gasteiger partial charge in [0.2, 0.25) is 0 Å². The summed E-state index contributed by atoms with van der Waals surface area (Å²) >= 11 is 5.88. The lowest BCUT2D eigenvalue weighted by atomic mass is 10.2. The maximum Gasteiger partial charge on any atom is 0.280 e. The van der Waals surface area contributed by atoms with Crippen LogP contribution in [-0.2, 0) is 10.0 Å². The third-order valence-corrected chi connectivity index (χ3v) is 4.72. The lowest BCUT2D eigenvalue weighted by Crippen LogP contribution is -2.19. The average molecular weight is 397 g/mol. The number of sulfonamides is 1. The quantitative estimate of drug-likeness (QED) is 0.545. The summed E-state index contributed by atoms with van der Waals surface area (Å²) < 4.78 is 35.5. The summed E-state index contributed by atoms with van der Waals surface area (Å²) in [4.78, 5) is 2.07. The van der Waals surface area contributed by atoms with Gasteiger partial charge < -0.3 is 9.47 Å². The number of hydrogen-bond donors (Lipinski definition) is 1. The fraction of sp³-hybridized carbons (Fsp3) is 0.278. The van der Waals surface area contributed by atoms with Crippen LogP contribution in [-0.4, -0.2) is 28.3 Å². The van der Waals surface area contributed by atoms with E-state index in [2.05, 4.69) is 23.8 Å². The number of rotatable bonds is 8. The first-order valence-electron chi connectivity index (χ1n) is 7.93. The van der Waals surface area contributed by atoms with Gasteiger partial charge in [-0.3, -0.25) is 0 Å². The fourth-order valence-corrected chi connectivity index (χ4v) is 3.25. The van der Waals surface area contributed by atoms with Crippen LogP contribution in [0.4, 0.5) is 0 Å². The zero-order chi connectivity index (χ0) is 19.2. The minimum atomic E-state index is -3.92. The summed E-state index contributed by atoms with van der Waals surface area (Å²) in [5, 5.41) is 4.10. The summed E-state index contributed by atoms with van der Waals surface area (Å²) in [7, 11) is -2.53. The van der Waals surface area contributed by atoms with Gasteiger partial charge in [0.25, 0.3) is 10.0 Å². The van der Waals surface area contributed by atoms with Crippen molar-refractivity contribution in [3.8, 4) is 11.5 Å². The molecule has 2 rings (SSSR count). The van der Waals surface area contributed by atoms with Gasteiger partial charge in [-0.1, -0.05) is 37.6 Å². The molecule has 0 unspecified atom stereocenters. The van der Waals surface area contributed by atoms with E-state index in [1.807, 2.05) is 12.1 Å². The molecule has 0 aromatic heterocycles. The molecule has 0 spiro atoms. The molecule has 0 heterocycles. The van der Waals surface area contributed by atoms with E-state index in [0.29, 0.717) is 23.8 Å². The van der Waals surface area contributed by atoms with Gasteiger partial charge in [-0.25, -0.2) is 0 Å². The molecule has 0 aliphatic carbocycles. The topological polar surface area (TPSA) is 77.0 Å². The summed E-state index contributed by atoms with van der Waals surface area (Å²) in [5.41, 5.74) is 0.701. The van der Waals surface area contributed by atoms with E-state index < -0.39 is 10.0 Å². The Kier molecular flexibility index (Phi) is 6.88. The normalized spacial score (nSPS) is 11.7. The molecule has 0 radical (unpaired) electrons. The van der Waals surface area contributed by atoms with Crippen molar-refractivity contribution in [3.63, 3.8) is 0 Å². The summed E-state index contributed by atoms with van der Waals surface area (Å²) in [6, 6.07) is 11.5. The molecule has 0 bridgehead atoms. The van der Waals surface area contributed by atoms with E-state index in [4.69, 9.17) is 21.1 Å². The molecule has 8 heteroatoms. The minimum absolute atomic E-state index is 0.0846. The van der Waals surface area contributed by atoms with Crippen LogP contribution in [0.2, 0.25) is 5.02 Å². The van der Waals surface area contributed by atoms with E-state index in [1.54, 1.807) is 18.2 Å². The second kappa shape index (κ2) is 8.91. The third-order valence-electron chi connectivity index (χ3n) is 3.24. The molecule has 0 fully saturated rings. The number of methoxy groups -OCH3 is 1. The molecule has 0 aliphatic rings. The molecule has 1 N–H and O–H groups in total. The van der Waals surface area contributed by atoms with Crippen molar-refractivity contribution in [2.24, 2.45) is 11.0 Å². The van der Waals surface area contributed by atoms with Crippen molar-refractivity contribution in [2.75, 3.05) is 13.7 Å². The van der Waals surface area contributed by atoms with Gasteiger partial charge in [-0.05, 0) is 41.8 Å². The number of halogens is 1. The maximum atomic E-state index is 12.4. The summed E-state index contributed by atoms with van der Waals surface area (Å²) in [6.45, 7) is 4.72. The van der Waals surface area contributed by atoms with Crippen molar-refractivity contribution >= 4 is 27.8 Å². The van der Waals surface area contributed by atoms with Crippen molar-refractivity contribution in [1.29, 1.82) is 0 Å². The molecule has 0 atom stereocenters. The Morgan fingerprint density at radius 1 is 1.23 bits per heavy atom. The predicted octanol–water partition coefficient (Wildman–Crippen LogP) is 3.70. The molecular formula is C18H21ClN2O4S. The van der Waals surface area contributed by atoms with E-state index in [1.165, 1.54) is 25.5 Å². The van der Waals surface area contributed by atoms with Gasteiger partial charge >= 0.3 is 0 Å². The highest BCUT2D eigenvalue weighted by molar-refractivity contribution is 7.89. The molecule has 0 saturated heterocycles. The van der Waals surface area contributed by atoms with Crippen LogP contribution in [0.3, 0.4) is 0 Å². The number of benzene rings is 2.